The molecular formula is C21H22FN3O4S2. The van der Waals surface area contributed by atoms with Gasteiger partial charge in [-0.2, -0.15) is 0 Å². The normalized spacial score (nSPS) is 19.5. The lowest BCUT2D eigenvalue weighted by Gasteiger charge is -2.33. The second-order valence-corrected chi connectivity index (χ2v) is 10.6. The first kappa shape index (κ1) is 21.6. The maximum atomic E-state index is 13.8. The number of carbonyl (C=O) groups excluding carboxylic acids is 2. The standard InChI is InChI=1S/C21H22FN3O4S2/c1-13-8-10-25(11-9-13)21(27)19-20(26)23-17-12-14(6-7-18(17)30-19)31(28,29)24-16-5-3-2-4-15(16)22/h2-7,12-13,19,24H,8-11H2,1H3,(H,23,26)/t19-/m0/s1. The van der Waals surface area contributed by atoms with Crippen molar-refractivity contribution in [2.24, 2.45) is 5.92 Å². The van der Waals surface area contributed by atoms with Gasteiger partial charge in [0.15, 0.2) is 5.25 Å². The second kappa shape index (κ2) is 8.51. The summed E-state index contributed by atoms with van der Waals surface area (Å²) in [5.74, 6) is -0.826. The zero-order valence-corrected chi connectivity index (χ0v) is 18.4. The van der Waals surface area contributed by atoms with Gasteiger partial charge in [-0.15, -0.1) is 11.8 Å². The molecule has 0 bridgehead atoms. The third kappa shape index (κ3) is 4.54. The van der Waals surface area contributed by atoms with Crippen LogP contribution in [-0.4, -0.2) is 43.5 Å². The minimum Gasteiger partial charge on any atom is -0.341 e. The second-order valence-electron chi connectivity index (χ2n) is 7.74. The summed E-state index contributed by atoms with van der Waals surface area (Å²) < 4.78 is 41.4. The van der Waals surface area contributed by atoms with E-state index in [9.17, 15) is 22.4 Å². The van der Waals surface area contributed by atoms with Crippen molar-refractivity contribution in [1.29, 1.82) is 0 Å². The first-order valence-corrected chi connectivity index (χ1v) is 12.3. The SMILES string of the molecule is CC1CCN(C(=O)[C@H]2Sc3ccc(S(=O)(=O)Nc4ccccc4F)cc3NC2=O)CC1. The summed E-state index contributed by atoms with van der Waals surface area (Å²) >= 11 is 1.11. The number of anilines is 2. The fourth-order valence-corrected chi connectivity index (χ4v) is 5.71. The molecule has 1 saturated heterocycles. The monoisotopic (exact) mass is 463 g/mol. The number of hydrogen-bond donors (Lipinski definition) is 2. The van der Waals surface area contributed by atoms with E-state index in [0.717, 1.165) is 30.7 Å². The topological polar surface area (TPSA) is 95.6 Å². The quantitative estimate of drug-likeness (QED) is 0.679. The highest BCUT2D eigenvalue weighted by Gasteiger charge is 2.37. The molecule has 7 nitrogen and oxygen atoms in total. The molecular weight excluding hydrogens is 441 g/mol. The predicted molar refractivity (Wildman–Crippen MR) is 117 cm³/mol. The van der Waals surface area contributed by atoms with Crippen molar-refractivity contribution in [3.63, 3.8) is 0 Å². The van der Waals surface area contributed by atoms with Crippen molar-refractivity contribution in [3.05, 3.63) is 48.3 Å². The average Bonchev–Trinajstić information content (AvgIpc) is 2.74. The minimum absolute atomic E-state index is 0.120. The summed E-state index contributed by atoms with van der Waals surface area (Å²) in [5, 5.41) is 1.75. The smallest absolute Gasteiger partial charge is 0.262 e. The molecule has 10 heteroatoms. The highest BCUT2D eigenvalue weighted by atomic mass is 32.2. The summed E-state index contributed by atoms with van der Waals surface area (Å²) in [4.78, 5) is 27.7. The van der Waals surface area contributed by atoms with Crippen LogP contribution >= 0.6 is 11.8 Å². The van der Waals surface area contributed by atoms with Gasteiger partial charge in [-0.05, 0) is 49.1 Å². The van der Waals surface area contributed by atoms with E-state index in [1.807, 2.05) is 0 Å². The van der Waals surface area contributed by atoms with Crippen LogP contribution in [0.3, 0.4) is 0 Å². The first-order valence-electron chi connectivity index (χ1n) is 9.92. The van der Waals surface area contributed by atoms with Crippen molar-refractivity contribution in [1.82, 2.24) is 4.90 Å². The molecule has 164 valence electrons. The van der Waals surface area contributed by atoms with Gasteiger partial charge in [-0.3, -0.25) is 14.3 Å². The molecule has 0 aromatic heterocycles. The summed E-state index contributed by atoms with van der Waals surface area (Å²) in [6, 6.07) is 9.69. The number of para-hydroxylation sites is 1. The maximum Gasteiger partial charge on any atom is 0.262 e. The molecule has 0 saturated carbocycles. The van der Waals surface area contributed by atoms with E-state index in [0.29, 0.717) is 29.6 Å². The molecule has 0 unspecified atom stereocenters. The van der Waals surface area contributed by atoms with Gasteiger partial charge in [0.2, 0.25) is 11.8 Å². The first-order chi connectivity index (χ1) is 14.7. The number of thioether (sulfide) groups is 1. The fourth-order valence-electron chi connectivity index (χ4n) is 3.56. The Morgan fingerprint density at radius 3 is 2.61 bits per heavy atom. The Hall–Kier alpha value is -2.59. The zero-order chi connectivity index (χ0) is 22.2. The van der Waals surface area contributed by atoms with Crippen LogP contribution < -0.4 is 10.0 Å². The molecule has 2 aromatic carbocycles. The van der Waals surface area contributed by atoms with E-state index >= 15 is 0 Å². The highest BCUT2D eigenvalue weighted by molar-refractivity contribution is 8.01. The lowest BCUT2D eigenvalue weighted by atomic mass is 9.99. The largest absolute Gasteiger partial charge is 0.341 e. The Balaban J connectivity index is 1.53. The number of nitrogens with zero attached hydrogens (tertiary/aromatic N) is 1. The molecule has 0 spiro atoms. The molecule has 1 atom stereocenters. The van der Waals surface area contributed by atoms with Crippen LogP contribution in [0.5, 0.6) is 0 Å². The Morgan fingerprint density at radius 2 is 1.90 bits per heavy atom. The molecule has 31 heavy (non-hydrogen) atoms. The van der Waals surface area contributed by atoms with Gasteiger partial charge in [-0.1, -0.05) is 19.1 Å². The molecule has 0 aliphatic carbocycles. The van der Waals surface area contributed by atoms with Crippen LogP contribution in [0.4, 0.5) is 15.8 Å². The number of sulfonamides is 1. The third-order valence-corrected chi connectivity index (χ3v) is 8.06. The average molecular weight is 464 g/mol. The van der Waals surface area contributed by atoms with Gasteiger partial charge in [0.1, 0.15) is 5.82 Å². The molecule has 1 fully saturated rings. The minimum atomic E-state index is -4.06. The van der Waals surface area contributed by atoms with Crippen LogP contribution in [0, 0.1) is 11.7 Å². The Morgan fingerprint density at radius 1 is 1.19 bits per heavy atom. The summed E-state index contributed by atoms with van der Waals surface area (Å²) in [6.07, 6.45) is 1.83. The number of benzene rings is 2. The van der Waals surface area contributed by atoms with Crippen molar-refractivity contribution in [2.45, 2.75) is 34.8 Å². The van der Waals surface area contributed by atoms with Crippen LogP contribution in [0.15, 0.2) is 52.3 Å². The summed E-state index contributed by atoms with van der Waals surface area (Å²) in [6.45, 7) is 3.42. The number of halogens is 1. The number of piperidine rings is 1. The van der Waals surface area contributed by atoms with Crippen molar-refractivity contribution in [2.75, 3.05) is 23.1 Å². The van der Waals surface area contributed by atoms with Gasteiger partial charge in [0.25, 0.3) is 10.0 Å². The molecule has 0 radical (unpaired) electrons. The number of likely N-dealkylation sites (tertiary alicyclic amines) is 1. The molecule has 4 rings (SSSR count). The predicted octanol–water partition coefficient (Wildman–Crippen LogP) is 3.30. The Labute approximate surface area is 184 Å². The Bertz CT molecular complexity index is 1130. The van der Waals surface area contributed by atoms with Crippen LogP contribution in [0.2, 0.25) is 0 Å². The van der Waals surface area contributed by atoms with Gasteiger partial charge in [-0.25, -0.2) is 12.8 Å². The molecule has 2 amide bonds. The number of hydrogen-bond acceptors (Lipinski definition) is 5. The van der Waals surface area contributed by atoms with E-state index in [2.05, 4.69) is 17.0 Å². The number of carbonyl (C=O) groups is 2. The lowest BCUT2D eigenvalue weighted by molar-refractivity contribution is -0.135. The summed E-state index contributed by atoms with van der Waals surface area (Å²) in [5.41, 5.74) is 0.142. The van der Waals surface area contributed by atoms with E-state index in [1.54, 1.807) is 11.0 Å². The van der Waals surface area contributed by atoms with Crippen molar-refractivity contribution in [3.8, 4) is 0 Å². The number of amides is 2. The van der Waals surface area contributed by atoms with E-state index in [4.69, 9.17) is 0 Å². The van der Waals surface area contributed by atoms with Crippen LogP contribution in [0.1, 0.15) is 19.8 Å². The van der Waals surface area contributed by atoms with E-state index in [1.165, 1.54) is 30.3 Å². The van der Waals surface area contributed by atoms with Gasteiger partial charge < -0.3 is 10.2 Å². The van der Waals surface area contributed by atoms with Gasteiger partial charge in [0.05, 0.1) is 16.3 Å². The molecule has 2 aliphatic heterocycles. The molecule has 2 aliphatic rings. The molecule has 2 N–H and O–H groups in total. The highest BCUT2D eigenvalue weighted by Crippen LogP contribution is 2.38. The fraction of sp³-hybridized carbons (Fsp3) is 0.333. The molecule has 2 heterocycles. The van der Waals surface area contributed by atoms with Crippen molar-refractivity contribution < 1.29 is 22.4 Å². The van der Waals surface area contributed by atoms with E-state index < -0.39 is 27.0 Å². The maximum absolute atomic E-state index is 13.8. The third-order valence-electron chi connectivity index (χ3n) is 5.44. The number of nitrogens with one attached hydrogen (secondary N) is 2. The zero-order valence-electron chi connectivity index (χ0n) is 16.8. The van der Waals surface area contributed by atoms with Crippen molar-refractivity contribution >= 4 is 45.0 Å². The molecule has 2 aromatic rings. The summed E-state index contributed by atoms with van der Waals surface area (Å²) in [7, 11) is -4.06. The van der Waals surface area contributed by atoms with Gasteiger partial charge in [0, 0.05) is 18.0 Å². The number of fused-ring (bicyclic) bond motifs is 1. The Kier molecular flexibility index (Phi) is 5.94. The lowest BCUT2D eigenvalue weighted by Crippen LogP contribution is -2.47. The van der Waals surface area contributed by atoms with Crippen LogP contribution in [0.25, 0.3) is 0 Å². The number of rotatable bonds is 4. The van der Waals surface area contributed by atoms with Crippen LogP contribution in [-0.2, 0) is 19.6 Å². The van der Waals surface area contributed by atoms with Gasteiger partial charge >= 0.3 is 0 Å². The van der Waals surface area contributed by atoms with E-state index in [-0.39, 0.29) is 16.5 Å².